The van der Waals surface area contributed by atoms with Gasteiger partial charge in [0.1, 0.15) is 6.07 Å². The predicted octanol–water partition coefficient (Wildman–Crippen LogP) is 1.80. The number of hydrogen-bond donors (Lipinski definition) is 1. The molecule has 0 saturated carbocycles. The molecule has 2 rings (SSSR count). The number of nitrogens with two attached hydrogens (primary N) is 1. The lowest BCUT2D eigenvalue weighted by Crippen LogP contribution is -1.88. The molecule has 0 spiro atoms. The molecule has 1 aromatic heterocycles. The van der Waals surface area contributed by atoms with E-state index < -0.39 is 0 Å². The summed E-state index contributed by atoms with van der Waals surface area (Å²) in [5.41, 5.74) is 6.99. The Kier molecular flexibility index (Phi) is 1.92. The quantitative estimate of drug-likeness (QED) is 0.734. The largest absolute Gasteiger partial charge is 0.380 e. The number of rotatable bonds is 1. The third kappa shape index (κ3) is 1.21. The van der Waals surface area contributed by atoms with Crippen molar-refractivity contribution >= 4 is 5.82 Å². The molecule has 0 aliphatic heterocycles. The highest BCUT2D eigenvalue weighted by atomic mass is 16.5. The van der Waals surface area contributed by atoms with Crippen LogP contribution in [0.4, 0.5) is 5.82 Å². The van der Waals surface area contributed by atoms with Gasteiger partial charge in [0, 0.05) is 0 Å². The van der Waals surface area contributed by atoms with E-state index in [1.807, 2.05) is 36.4 Å². The lowest BCUT2D eigenvalue weighted by molar-refractivity contribution is 0.413. The van der Waals surface area contributed by atoms with E-state index in [2.05, 4.69) is 5.16 Å². The Morgan fingerprint density at radius 2 is 2.00 bits per heavy atom. The van der Waals surface area contributed by atoms with Crippen LogP contribution >= 0.6 is 0 Å². The van der Waals surface area contributed by atoms with Crippen LogP contribution in [0.1, 0.15) is 5.76 Å². The molecule has 0 fully saturated rings. The summed E-state index contributed by atoms with van der Waals surface area (Å²) in [6, 6.07) is 11.2. The van der Waals surface area contributed by atoms with E-state index >= 15 is 0 Å². The van der Waals surface area contributed by atoms with E-state index in [9.17, 15) is 0 Å². The number of aromatic nitrogens is 1. The van der Waals surface area contributed by atoms with Crippen LogP contribution in [0.5, 0.6) is 0 Å². The molecule has 4 nitrogen and oxygen atoms in total. The Hall–Kier alpha value is -2.28. The Morgan fingerprint density at radius 3 is 2.64 bits per heavy atom. The van der Waals surface area contributed by atoms with E-state index in [1.165, 1.54) is 0 Å². The summed E-state index contributed by atoms with van der Waals surface area (Å²) in [5.74, 6) is 0.390. The summed E-state index contributed by atoms with van der Waals surface area (Å²) in [6.45, 7) is 0. The summed E-state index contributed by atoms with van der Waals surface area (Å²) < 4.78 is 4.76. The fraction of sp³-hybridized carbons (Fsp3) is 0. The summed E-state index contributed by atoms with van der Waals surface area (Å²) in [6.07, 6.45) is 0. The van der Waals surface area contributed by atoms with Crippen molar-refractivity contribution in [3.8, 4) is 17.2 Å². The van der Waals surface area contributed by atoms with Gasteiger partial charge in [-0.2, -0.15) is 5.26 Å². The van der Waals surface area contributed by atoms with Crippen molar-refractivity contribution in [1.29, 1.82) is 5.26 Å². The summed E-state index contributed by atoms with van der Waals surface area (Å²) in [4.78, 5) is 0. The molecule has 0 unspecified atom stereocenters. The van der Waals surface area contributed by atoms with Crippen molar-refractivity contribution in [1.82, 2.24) is 5.16 Å². The fourth-order valence-electron chi connectivity index (χ4n) is 1.26. The van der Waals surface area contributed by atoms with Crippen LogP contribution in [0.25, 0.3) is 11.1 Å². The number of nitrogens with zero attached hydrogens (tertiary/aromatic N) is 2. The summed E-state index contributed by atoms with van der Waals surface area (Å²) >= 11 is 0. The van der Waals surface area contributed by atoms with Crippen LogP contribution in [-0.4, -0.2) is 5.16 Å². The first-order chi connectivity index (χ1) is 6.83. The fourth-order valence-corrected chi connectivity index (χ4v) is 1.26. The summed E-state index contributed by atoms with van der Waals surface area (Å²) in [5, 5.41) is 12.3. The van der Waals surface area contributed by atoms with Gasteiger partial charge in [0.2, 0.25) is 5.76 Å². The van der Waals surface area contributed by atoms with Crippen LogP contribution in [-0.2, 0) is 0 Å². The molecule has 2 N–H and O–H groups in total. The minimum Gasteiger partial charge on any atom is -0.380 e. The number of nitrogen functional groups attached to an aromatic ring is 1. The predicted molar refractivity (Wildman–Crippen MR) is 51.1 cm³/mol. The molecule has 14 heavy (non-hydrogen) atoms. The molecule has 0 saturated heterocycles. The molecule has 4 heteroatoms. The maximum Gasteiger partial charge on any atom is 0.246 e. The first kappa shape index (κ1) is 8.32. The first-order valence-electron chi connectivity index (χ1n) is 4.03. The van der Waals surface area contributed by atoms with Gasteiger partial charge in [0.15, 0.2) is 5.82 Å². The molecule has 0 bridgehead atoms. The van der Waals surface area contributed by atoms with Gasteiger partial charge in [0.05, 0.1) is 5.56 Å². The van der Waals surface area contributed by atoms with Gasteiger partial charge in [-0.05, 0) is 5.56 Å². The van der Waals surface area contributed by atoms with Crippen LogP contribution in [0.15, 0.2) is 34.9 Å². The Bertz CT molecular complexity index is 482. The lowest BCUT2D eigenvalue weighted by atomic mass is 10.1. The van der Waals surface area contributed by atoms with E-state index in [-0.39, 0.29) is 11.6 Å². The number of anilines is 1. The van der Waals surface area contributed by atoms with Crippen LogP contribution < -0.4 is 5.73 Å². The highest BCUT2D eigenvalue weighted by Crippen LogP contribution is 2.28. The molecular formula is C10H7N3O. The molecule has 0 aliphatic rings. The second-order valence-electron chi connectivity index (χ2n) is 2.75. The highest BCUT2D eigenvalue weighted by Gasteiger charge is 2.14. The average Bonchev–Trinajstić information content (AvgIpc) is 2.61. The van der Waals surface area contributed by atoms with E-state index in [0.29, 0.717) is 5.56 Å². The van der Waals surface area contributed by atoms with Crippen LogP contribution in [0.2, 0.25) is 0 Å². The monoisotopic (exact) mass is 185 g/mol. The SMILES string of the molecule is N#Cc1onc(N)c1-c1ccccc1. The minimum absolute atomic E-state index is 0.147. The maximum atomic E-state index is 8.75. The molecule has 1 heterocycles. The van der Waals surface area contributed by atoms with Gasteiger partial charge in [-0.3, -0.25) is 0 Å². The van der Waals surface area contributed by atoms with Crippen molar-refractivity contribution in [2.24, 2.45) is 0 Å². The van der Waals surface area contributed by atoms with Gasteiger partial charge in [-0.1, -0.05) is 35.5 Å². The van der Waals surface area contributed by atoms with Gasteiger partial charge in [-0.15, -0.1) is 0 Å². The van der Waals surface area contributed by atoms with E-state index in [1.54, 1.807) is 0 Å². The second kappa shape index (κ2) is 3.23. The van der Waals surface area contributed by atoms with Gasteiger partial charge < -0.3 is 10.3 Å². The van der Waals surface area contributed by atoms with Gasteiger partial charge in [-0.25, -0.2) is 0 Å². The van der Waals surface area contributed by atoms with Crippen LogP contribution in [0, 0.1) is 11.3 Å². The average molecular weight is 185 g/mol. The van der Waals surface area contributed by atoms with Crippen molar-refractivity contribution in [3.05, 3.63) is 36.1 Å². The zero-order chi connectivity index (χ0) is 9.97. The van der Waals surface area contributed by atoms with E-state index in [0.717, 1.165) is 5.56 Å². The third-order valence-electron chi connectivity index (χ3n) is 1.88. The third-order valence-corrected chi connectivity index (χ3v) is 1.88. The first-order valence-corrected chi connectivity index (χ1v) is 4.03. The molecular weight excluding hydrogens is 178 g/mol. The Morgan fingerprint density at radius 1 is 1.29 bits per heavy atom. The molecule has 0 amide bonds. The second-order valence-corrected chi connectivity index (χ2v) is 2.75. The molecule has 68 valence electrons. The molecule has 0 radical (unpaired) electrons. The topological polar surface area (TPSA) is 75.8 Å². The standard InChI is InChI=1S/C10H7N3O/c11-6-8-9(10(12)13-14-8)7-4-2-1-3-5-7/h1-5H,(H2,12,13). The van der Waals surface area contributed by atoms with Crippen molar-refractivity contribution in [3.63, 3.8) is 0 Å². The smallest absolute Gasteiger partial charge is 0.246 e. The van der Waals surface area contributed by atoms with Crippen molar-refractivity contribution in [2.45, 2.75) is 0 Å². The minimum atomic E-state index is 0.147. The zero-order valence-corrected chi connectivity index (χ0v) is 7.27. The van der Waals surface area contributed by atoms with Crippen molar-refractivity contribution < 1.29 is 4.52 Å². The normalized spacial score (nSPS) is 9.64. The van der Waals surface area contributed by atoms with Gasteiger partial charge >= 0.3 is 0 Å². The van der Waals surface area contributed by atoms with Gasteiger partial charge in [0.25, 0.3) is 0 Å². The van der Waals surface area contributed by atoms with Crippen molar-refractivity contribution in [2.75, 3.05) is 5.73 Å². The molecule has 0 atom stereocenters. The molecule has 0 aliphatic carbocycles. The summed E-state index contributed by atoms with van der Waals surface area (Å²) in [7, 11) is 0. The highest BCUT2D eigenvalue weighted by molar-refractivity contribution is 5.77. The Labute approximate surface area is 80.6 Å². The number of benzene rings is 1. The molecule has 2 aromatic rings. The van der Waals surface area contributed by atoms with E-state index in [4.69, 9.17) is 15.5 Å². The maximum absolute atomic E-state index is 8.75. The number of nitriles is 1. The molecule has 1 aromatic carbocycles. The Balaban J connectivity index is 2.63. The lowest BCUT2D eigenvalue weighted by Gasteiger charge is -1.96. The number of hydrogen-bond acceptors (Lipinski definition) is 4. The zero-order valence-electron chi connectivity index (χ0n) is 7.27. The van der Waals surface area contributed by atoms with Crippen LogP contribution in [0.3, 0.4) is 0 Å².